The van der Waals surface area contributed by atoms with E-state index < -0.39 is 0 Å². The third-order valence-corrected chi connectivity index (χ3v) is 1.66. The van der Waals surface area contributed by atoms with Crippen molar-refractivity contribution in [2.24, 2.45) is 0 Å². The molecule has 0 aliphatic heterocycles. The molecule has 74 valence electrons. The third-order valence-electron chi connectivity index (χ3n) is 1.41. The van der Waals surface area contributed by atoms with Crippen LogP contribution in [-0.4, -0.2) is 13.1 Å². The van der Waals surface area contributed by atoms with Gasteiger partial charge in [0.05, 0.1) is 0 Å². The number of nitrogens with one attached hydrogen (secondary N) is 1. The zero-order valence-corrected chi connectivity index (χ0v) is 9.14. The van der Waals surface area contributed by atoms with Crippen molar-refractivity contribution in [1.82, 2.24) is 5.32 Å². The lowest BCUT2D eigenvalue weighted by atomic mass is 10.4. The van der Waals surface area contributed by atoms with Crippen LogP contribution in [0.4, 0.5) is 0 Å². The summed E-state index contributed by atoms with van der Waals surface area (Å²) >= 11 is 5.54. The number of hydrogen-bond donors (Lipinski definition) is 1. The van der Waals surface area contributed by atoms with E-state index in [0.717, 1.165) is 18.1 Å². The molecule has 0 aromatic heterocycles. The minimum Gasteiger partial charge on any atom is -0.317 e. The van der Waals surface area contributed by atoms with Crippen molar-refractivity contribution in [2.45, 2.75) is 20.3 Å². The zero-order valence-electron chi connectivity index (χ0n) is 8.39. The molecule has 1 N–H and O–H groups in total. The molecule has 1 nitrogen and oxygen atoms in total. The first-order chi connectivity index (χ1) is 6.31. The first-order valence-electron chi connectivity index (χ1n) is 4.72. The molecule has 0 saturated heterocycles. The Balaban J connectivity index is 0.000000226. The molecule has 0 aliphatic rings. The quantitative estimate of drug-likeness (QED) is 0.737. The molecule has 2 heteroatoms. The van der Waals surface area contributed by atoms with Crippen LogP contribution in [0.15, 0.2) is 30.3 Å². The number of hydrogen-bond acceptors (Lipinski definition) is 1. The summed E-state index contributed by atoms with van der Waals surface area (Å²) in [4.78, 5) is 0. The van der Waals surface area contributed by atoms with E-state index in [2.05, 4.69) is 19.2 Å². The van der Waals surface area contributed by atoms with Gasteiger partial charge < -0.3 is 5.32 Å². The Morgan fingerprint density at radius 3 is 2.00 bits per heavy atom. The van der Waals surface area contributed by atoms with Crippen LogP contribution in [0.5, 0.6) is 0 Å². The number of rotatable bonds is 3. The van der Waals surface area contributed by atoms with Crippen molar-refractivity contribution in [2.75, 3.05) is 13.1 Å². The Hall–Kier alpha value is -0.530. The van der Waals surface area contributed by atoms with Gasteiger partial charge in [-0.1, -0.05) is 43.6 Å². The van der Waals surface area contributed by atoms with Crippen LogP contribution in [-0.2, 0) is 0 Å². The van der Waals surface area contributed by atoms with E-state index in [1.54, 1.807) is 0 Å². The molecule has 0 atom stereocenters. The third kappa shape index (κ3) is 9.38. The molecule has 1 rings (SSSR count). The summed E-state index contributed by atoms with van der Waals surface area (Å²) in [6.45, 7) is 6.56. The molecule has 0 heterocycles. The Morgan fingerprint density at radius 1 is 1.15 bits per heavy atom. The maximum absolute atomic E-state index is 5.54. The van der Waals surface area contributed by atoms with Gasteiger partial charge in [-0.25, -0.2) is 0 Å². The molecule has 0 fully saturated rings. The highest BCUT2D eigenvalue weighted by Crippen LogP contribution is 2.03. The van der Waals surface area contributed by atoms with Crippen LogP contribution in [0.3, 0.4) is 0 Å². The molecule has 0 saturated carbocycles. The lowest BCUT2D eigenvalue weighted by molar-refractivity contribution is 0.703. The summed E-state index contributed by atoms with van der Waals surface area (Å²) in [6, 6.07) is 9.44. The highest BCUT2D eigenvalue weighted by atomic mass is 35.5. The molecule has 0 unspecified atom stereocenters. The van der Waals surface area contributed by atoms with Gasteiger partial charge in [0, 0.05) is 5.02 Å². The molecule has 0 aliphatic carbocycles. The first-order valence-corrected chi connectivity index (χ1v) is 5.10. The lowest BCUT2D eigenvalue weighted by Crippen LogP contribution is -2.12. The highest BCUT2D eigenvalue weighted by molar-refractivity contribution is 6.30. The monoisotopic (exact) mass is 199 g/mol. The van der Waals surface area contributed by atoms with Crippen LogP contribution in [0, 0.1) is 0 Å². The summed E-state index contributed by atoms with van der Waals surface area (Å²) in [5, 5.41) is 3.99. The molecule has 0 bridgehead atoms. The van der Waals surface area contributed by atoms with E-state index in [1.165, 1.54) is 6.42 Å². The topological polar surface area (TPSA) is 12.0 Å². The average Bonchev–Trinajstić information content (AvgIpc) is 2.17. The number of halogens is 1. The van der Waals surface area contributed by atoms with Crippen molar-refractivity contribution in [1.29, 1.82) is 0 Å². The second-order valence-electron chi connectivity index (χ2n) is 2.65. The van der Waals surface area contributed by atoms with Gasteiger partial charge in [0.15, 0.2) is 0 Å². The van der Waals surface area contributed by atoms with Gasteiger partial charge in [-0.05, 0) is 31.6 Å². The number of benzene rings is 1. The predicted octanol–water partition coefficient (Wildman–Crippen LogP) is 3.35. The zero-order chi connectivity index (χ0) is 9.94. The Labute approximate surface area is 86.1 Å². The smallest absolute Gasteiger partial charge is 0.0405 e. The van der Waals surface area contributed by atoms with Crippen LogP contribution in [0.1, 0.15) is 20.3 Å². The summed E-state index contributed by atoms with van der Waals surface area (Å²) < 4.78 is 0. The fourth-order valence-corrected chi connectivity index (χ4v) is 0.914. The predicted molar refractivity (Wildman–Crippen MR) is 60.3 cm³/mol. The summed E-state index contributed by atoms with van der Waals surface area (Å²) in [5.41, 5.74) is 0. The molecule has 1 aromatic rings. The van der Waals surface area contributed by atoms with Crippen molar-refractivity contribution in [3.8, 4) is 0 Å². The van der Waals surface area contributed by atoms with Gasteiger partial charge in [-0.15, -0.1) is 0 Å². The minimum atomic E-state index is 0.794. The van der Waals surface area contributed by atoms with Crippen LogP contribution < -0.4 is 5.32 Å². The average molecular weight is 200 g/mol. The maximum Gasteiger partial charge on any atom is 0.0405 e. The van der Waals surface area contributed by atoms with Crippen molar-refractivity contribution in [3.63, 3.8) is 0 Å². The van der Waals surface area contributed by atoms with E-state index >= 15 is 0 Å². The molecule has 0 spiro atoms. The van der Waals surface area contributed by atoms with Crippen LogP contribution >= 0.6 is 11.6 Å². The summed E-state index contributed by atoms with van der Waals surface area (Å²) in [5.74, 6) is 0. The SMILES string of the molecule is CCCNCC.Clc1ccccc1. The van der Waals surface area contributed by atoms with Gasteiger partial charge in [-0.2, -0.15) is 0 Å². The summed E-state index contributed by atoms with van der Waals surface area (Å²) in [7, 11) is 0. The van der Waals surface area contributed by atoms with E-state index in [9.17, 15) is 0 Å². The van der Waals surface area contributed by atoms with Crippen LogP contribution in [0.2, 0.25) is 5.02 Å². The fraction of sp³-hybridized carbons (Fsp3) is 0.455. The lowest BCUT2D eigenvalue weighted by Gasteiger charge is -1.91. The highest BCUT2D eigenvalue weighted by Gasteiger charge is 1.75. The van der Waals surface area contributed by atoms with E-state index in [-0.39, 0.29) is 0 Å². The fourth-order valence-electron chi connectivity index (χ4n) is 0.768. The molecule has 0 amide bonds. The van der Waals surface area contributed by atoms with Gasteiger partial charge in [0.2, 0.25) is 0 Å². The van der Waals surface area contributed by atoms with Gasteiger partial charge in [-0.3, -0.25) is 0 Å². The second-order valence-corrected chi connectivity index (χ2v) is 3.09. The van der Waals surface area contributed by atoms with Gasteiger partial charge in [0.25, 0.3) is 0 Å². The minimum absolute atomic E-state index is 0.794. The second kappa shape index (κ2) is 9.56. The Bertz CT molecular complexity index is 183. The van der Waals surface area contributed by atoms with Gasteiger partial charge in [0.1, 0.15) is 0 Å². The Kier molecular flexibility index (Phi) is 9.17. The van der Waals surface area contributed by atoms with E-state index in [1.807, 2.05) is 30.3 Å². The largest absolute Gasteiger partial charge is 0.317 e. The maximum atomic E-state index is 5.54. The molecular weight excluding hydrogens is 182 g/mol. The van der Waals surface area contributed by atoms with Crippen molar-refractivity contribution < 1.29 is 0 Å². The molecular formula is C11H18ClN. The first kappa shape index (κ1) is 12.5. The molecule has 0 radical (unpaired) electrons. The van der Waals surface area contributed by atoms with Gasteiger partial charge >= 0.3 is 0 Å². The van der Waals surface area contributed by atoms with Crippen LogP contribution in [0.25, 0.3) is 0 Å². The van der Waals surface area contributed by atoms with Crippen molar-refractivity contribution in [3.05, 3.63) is 35.4 Å². The standard InChI is InChI=1S/C6H5Cl.C5H13N/c7-6-4-2-1-3-5-6;1-3-5-6-4-2/h1-5H;6H,3-5H2,1-2H3. The Morgan fingerprint density at radius 2 is 1.77 bits per heavy atom. The van der Waals surface area contributed by atoms with E-state index in [4.69, 9.17) is 11.6 Å². The summed E-state index contributed by atoms with van der Waals surface area (Å²) in [6.07, 6.45) is 1.24. The molecule has 1 aromatic carbocycles. The molecule has 13 heavy (non-hydrogen) atoms. The van der Waals surface area contributed by atoms with Crippen molar-refractivity contribution >= 4 is 11.6 Å². The van der Waals surface area contributed by atoms with E-state index in [0.29, 0.717) is 0 Å². The normalized spacial score (nSPS) is 8.85.